The van der Waals surface area contributed by atoms with Crippen molar-refractivity contribution in [1.82, 2.24) is 15.6 Å². The van der Waals surface area contributed by atoms with Gasteiger partial charge in [0, 0.05) is 17.5 Å². The van der Waals surface area contributed by atoms with Gasteiger partial charge in [-0.2, -0.15) is 0 Å². The van der Waals surface area contributed by atoms with E-state index in [0.29, 0.717) is 5.02 Å². The van der Waals surface area contributed by atoms with Crippen LogP contribution < -0.4 is 14.8 Å². The van der Waals surface area contributed by atoms with E-state index in [1.165, 1.54) is 26.4 Å². The number of ether oxygens (including phenoxy) is 5. The summed E-state index contributed by atoms with van der Waals surface area (Å²) >= 11 is 6.09. The summed E-state index contributed by atoms with van der Waals surface area (Å²) in [6.07, 6.45) is -2.58. The van der Waals surface area contributed by atoms with Crippen LogP contribution in [0.5, 0.6) is 11.8 Å². The molecule has 16 nitrogen and oxygen atoms in total. The number of nitrogens with zero attached hydrogens (tertiary/aromatic N) is 2. The maximum absolute atomic E-state index is 12.7. The number of carbonyl (C=O) groups excluding carboxylic acids is 3. The molecule has 48 heavy (non-hydrogen) atoms. The van der Waals surface area contributed by atoms with Gasteiger partial charge in [-0.25, -0.2) is 14.4 Å². The molecule has 0 fully saturated rings. The van der Waals surface area contributed by atoms with Crippen LogP contribution in [0, 0.1) is 0 Å². The number of rotatable bonds is 14. The third-order valence-electron chi connectivity index (χ3n) is 6.18. The van der Waals surface area contributed by atoms with Crippen molar-refractivity contribution in [2.75, 3.05) is 27.6 Å². The number of aromatic carboxylic acids is 1. The highest BCUT2D eigenvalue weighted by Crippen LogP contribution is 2.24. The Morgan fingerprint density at radius 2 is 1.52 bits per heavy atom. The summed E-state index contributed by atoms with van der Waals surface area (Å²) in [5.41, 5.74) is 2.70. The first-order valence-electron chi connectivity index (χ1n) is 14.1. The number of benzene rings is 2. The van der Waals surface area contributed by atoms with Crippen LogP contribution in [0.1, 0.15) is 40.0 Å². The molecule has 2 aromatic heterocycles. The molecule has 0 aliphatic carbocycles. The molecule has 0 aliphatic heterocycles. The van der Waals surface area contributed by atoms with E-state index >= 15 is 0 Å². The van der Waals surface area contributed by atoms with Crippen LogP contribution in [0.4, 0.5) is 4.79 Å². The number of aliphatic hydroxyl groups excluding tert-OH is 1. The number of hydrogen-bond acceptors (Lipinski definition) is 14. The standard InChI is InChI=1S/C26H27ClN2O9.C5H5NO4/c1-3-35-26(33)37-15-36-25(32)21(30)13-20(28-24(31)22-14-23(34-2)29-38-22)11-16-7-9-17(10-8-16)18-5-4-6-19(27)12-18;1-9-4-2-3(5(7)8)10-6-4/h4-10,12,14,20-21,30H,3,11,13,15H2,1-2H3,(H,28,31);2H,1H3,(H,7,8)/t20-,21-;/m1./s1. The van der Waals surface area contributed by atoms with Crippen LogP contribution in [0.25, 0.3) is 11.1 Å². The molecule has 4 aromatic rings. The van der Waals surface area contributed by atoms with Gasteiger partial charge in [0.25, 0.3) is 17.7 Å². The summed E-state index contributed by atoms with van der Waals surface area (Å²) in [6.45, 7) is 0.952. The number of carboxylic acid groups (broad SMARTS) is 1. The third kappa shape index (κ3) is 11.6. The molecule has 2 heterocycles. The molecule has 0 spiro atoms. The van der Waals surface area contributed by atoms with Crippen LogP contribution in [-0.4, -0.2) is 84.3 Å². The van der Waals surface area contributed by atoms with Gasteiger partial charge in [0.1, 0.15) is 0 Å². The van der Waals surface area contributed by atoms with Crippen molar-refractivity contribution in [3.8, 4) is 22.9 Å². The van der Waals surface area contributed by atoms with E-state index < -0.39 is 42.9 Å². The lowest BCUT2D eigenvalue weighted by molar-refractivity contribution is -0.163. The van der Waals surface area contributed by atoms with E-state index in [9.17, 15) is 24.3 Å². The minimum absolute atomic E-state index is 0.0912. The first-order chi connectivity index (χ1) is 23.0. The van der Waals surface area contributed by atoms with Gasteiger partial charge in [0.15, 0.2) is 6.10 Å². The Kier molecular flexibility index (Phi) is 14.2. The van der Waals surface area contributed by atoms with Crippen LogP contribution in [0.3, 0.4) is 0 Å². The molecular weight excluding hydrogens is 658 g/mol. The molecule has 0 saturated heterocycles. The Hall–Kier alpha value is -5.61. The molecule has 0 saturated carbocycles. The average Bonchev–Trinajstić information content (AvgIpc) is 3.76. The highest BCUT2D eigenvalue weighted by Gasteiger charge is 2.26. The predicted octanol–water partition coefficient (Wildman–Crippen LogP) is 4.15. The lowest BCUT2D eigenvalue weighted by Gasteiger charge is -2.21. The van der Waals surface area contributed by atoms with E-state index in [4.69, 9.17) is 30.7 Å². The molecular formula is C31H32ClN3O13. The van der Waals surface area contributed by atoms with E-state index in [1.54, 1.807) is 13.0 Å². The minimum atomic E-state index is -1.62. The third-order valence-corrected chi connectivity index (χ3v) is 6.41. The van der Waals surface area contributed by atoms with Gasteiger partial charge < -0.3 is 48.3 Å². The zero-order chi connectivity index (χ0) is 35.1. The van der Waals surface area contributed by atoms with Crippen molar-refractivity contribution in [2.24, 2.45) is 0 Å². The van der Waals surface area contributed by atoms with Gasteiger partial charge in [-0.05, 0) is 52.5 Å². The zero-order valence-electron chi connectivity index (χ0n) is 25.9. The molecule has 2 atom stereocenters. The average molecular weight is 690 g/mol. The molecule has 2 aromatic carbocycles. The van der Waals surface area contributed by atoms with Crippen molar-refractivity contribution < 1.29 is 62.1 Å². The van der Waals surface area contributed by atoms with Crippen LogP contribution in [0.15, 0.2) is 69.7 Å². The Morgan fingerprint density at radius 1 is 0.875 bits per heavy atom. The van der Waals surface area contributed by atoms with Gasteiger partial charge in [0.2, 0.25) is 18.3 Å². The van der Waals surface area contributed by atoms with Crippen molar-refractivity contribution in [2.45, 2.75) is 31.9 Å². The normalized spacial score (nSPS) is 11.6. The van der Waals surface area contributed by atoms with Crippen molar-refractivity contribution in [1.29, 1.82) is 0 Å². The van der Waals surface area contributed by atoms with E-state index in [1.807, 2.05) is 42.5 Å². The highest BCUT2D eigenvalue weighted by molar-refractivity contribution is 6.30. The summed E-state index contributed by atoms with van der Waals surface area (Å²) in [7, 11) is 2.76. The second-order valence-corrected chi connectivity index (χ2v) is 9.95. The highest BCUT2D eigenvalue weighted by atomic mass is 35.5. The van der Waals surface area contributed by atoms with Crippen LogP contribution in [0.2, 0.25) is 5.02 Å². The van der Waals surface area contributed by atoms with Gasteiger partial charge in [-0.3, -0.25) is 4.79 Å². The summed E-state index contributed by atoms with van der Waals surface area (Å²) in [4.78, 5) is 46.3. The molecule has 17 heteroatoms. The quantitative estimate of drug-likeness (QED) is 0.125. The lowest BCUT2D eigenvalue weighted by atomic mass is 9.97. The summed E-state index contributed by atoms with van der Waals surface area (Å²) in [6, 6.07) is 16.7. The van der Waals surface area contributed by atoms with Gasteiger partial charge in [-0.1, -0.05) is 48.0 Å². The van der Waals surface area contributed by atoms with E-state index in [-0.39, 0.29) is 42.7 Å². The van der Waals surface area contributed by atoms with Crippen molar-refractivity contribution in [3.63, 3.8) is 0 Å². The molecule has 0 unspecified atom stereocenters. The predicted molar refractivity (Wildman–Crippen MR) is 165 cm³/mol. The van der Waals surface area contributed by atoms with Crippen LogP contribution >= 0.6 is 11.6 Å². The molecule has 4 rings (SSSR count). The molecule has 0 bridgehead atoms. The number of nitrogens with one attached hydrogen (secondary N) is 1. The van der Waals surface area contributed by atoms with Crippen molar-refractivity contribution in [3.05, 3.63) is 82.8 Å². The Labute approximate surface area is 278 Å². The maximum atomic E-state index is 12.7. The van der Waals surface area contributed by atoms with E-state index in [2.05, 4.69) is 34.4 Å². The van der Waals surface area contributed by atoms with Crippen LogP contribution in [-0.2, 0) is 25.4 Å². The smallest absolute Gasteiger partial charge is 0.479 e. The number of halogens is 1. The fraction of sp³-hybridized carbons (Fsp3) is 0.290. The first-order valence-corrected chi connectivity index (χ1v) is 14.4. The lowest BCUT2D eigenvalue weighted by Crippen LogP contribution is -2.41. The number of carboxylic acids is 1. The second-order valence-electron chi connectivity index (χ2n) is 9.51. The van der Waals surface area contributed by atoms with Gasteiger partial charge in [-0.15, -0.1) is 0 Å². The summed E-state index contributed by atoms with van der Waals surface area (Å²) in [5.74, 6) is -2.86. The SMILES string of the molecule is CCOC(=O)OCOC(=O)[C@H](O)C[C@@H](Cc1ccc(-c2cccc(Cl)c2)cc1)NC(=O)c1cc(OC)no1.COc1cc(C(=O)O)on1. The molecule has 0 radical (unpaired) electrons. The summed E-state index contributed by atoms with van der Waals surface area (Å²) < 4.78 is 32.7. The van der Waals surface area contributed by atoms with Crippen molar-refractivity contribution >= 4 is 35.6 Å². The largest absolute Gasteiger partial charge is 0.511 e. The van der Waals surface area contributed by atoms with Gasteiger partial charge >= 0.3 is 18.1 Å². The number of aromatic nitrogens is 2. The molecule has 256 valence electrons. The number of carbonyl (C=O) groups is 4. The Bertz CT molecular complexity index is 1660. The number of methoxy groups -OCH3 is 2. The fourth-order valence-electron chi connectivity index (χ4n) is 3.91. The maximum Gasteiger partial charge on any atom is 0.511 e. The molecule has 1 amide bonds. The molecule has 3 N–H and O–H groups in total. The topological polar surface area (TPSA) is 219 Å². The minimum Gasteiger partial charge on any atom is -0.479 e. The number of aliphatic hydroxyl groups is 1. The zero-order valence-corrected chi connectivity index (χ0v) is 26.7. The van der Waals surface area contributed by atoms with E-state index in [0.717, 1.165) is 16.7 Å². The van der Waals surface area contributed by atoms with Gasteiger partial charge in [0.05, 0.1) is 33.0 Å². The second kappa shape index (κ2) is 18.5. The number of hydrogen-bond donors (Lipinski definition) is 3. The number of amides is 1. The monoisotopic (exact) mass is 689 g/mol. The Balaban J connectivity index is 0.000000533. The fourth-order valence-corrected chi connectivity index (χ4v) is 4.10. The number of esters is 1. The summed E-state index contributed by atoms with van der Waals surface area (Å²) in [5, 5.41) is 28.9. The molecule has 0 aliphatic rings. The Morgan fingerprint density at radius 3 is 2.08 bits per heavy atom. The first kappa shape index (κ1) is 36.9.